The minimum absolute atomic E-state index is 0.185. The maximum absolute atomic E-state index is 13.1. The molecule has 1 fully saturated rings. The molecule has 8 nitrogen and oxygen atoms in total. The van der Waals surface area contributed by atoms with Crippen LogP contribution in [0, 0.1) is 0 Å². The minimum Gasteiger partial charge on any atom is -0.483 e. The van der Waals surface area contributed by atoms with Crippen LogP contribution in [0.4, 0.5) is 0 Å². The second-order valence-corrected chi connectivity index (χ2v) is 8.80. The fraction of sp³-hybridized carbons (Fsp3) is 0.207. The number of fused-ring (bicyclic) bond motifs is 1. The van der Waals surface area contributed by atoms with Crippen molar-refractivity contribution in [3.05, 3.63) is 102 Å². The number of carbonyl (C=O) groups is 3. The molecular formula is C29H27N3O5. The van der Waals surface area contributed by atoms with Crippen molar-refractivity contribution in [1.29, 1.82) is 0 Å². The van der Waals surface area contributed by atoms with E-state index in [0.29, 0.717) is 44.0 Å². The fourth-order valence-electron chi connectivity index (χ4n) is 4.34. The SMILES string of the molecule is O=C(NCc1ccccc1)c1cc2ccccc2cc1OCC(=O)N1CCN(C(=O)c2ccco2)CC1. The first kappa shape index (κ1) is 24.1. The number of nitrogens with one attached hydrogen (secondary N) is 1. The van der Waals surface area contributed by atoms with Gasteiger partial charge in [-0.2, -0.15) is 0 Å². The van der Waals surface area contributed by atoms with E-state index in [1.54, 1.807) is 34.1 Å². The number of hydrogen-bond donors (Lipinski definition) is 1. The van der Waals surface area contributed by atoms with Crippen LogP contribution in [0.25, 0.3) is 10.8 Å². The van der Waals surface area contributed by atoms with Gasteiger partial charge in [0.2, 0.25) is 0 Å². The molecule has 1 aromatic heterocycles. The molecule has 188 valence electrons. The molecule has 8 heteroatoms. The van der Waals surface area contributed by atoms with Crippen LogP contribution >= 0.6 is 0 Å². The standard InChI is InChI=1S/C29H27N3O5/c33-27(31-12-14-32(15-13-31)29(35)25-11-6-16-36-25)20-37-26-18-23-10-5-4-9-22(23)17-24(26)28(34)30-19-21-7-2-1-3-8-21/h1-11,16-18H,12-15,19-20H2,(H,30,34). The summed E-state index contributed by atoms with van der Waals surface area (Å²) >= 11 is 0. The number of hydrogen-bond acceptors (Lipinski definition) is 5. The second kappa shape index (κ2) is 11.0. The normalized spacial score (nSPS) is 13.4. The lowest BCUT2D eigenvalue weighted by Gasteiger charge is -2.34. The first-order chi connectivity index (χ1) is 18.1. The molecule has 0 bridgehead atoms. The lowest BCUT2D eigenvalue weighted by Crippen LogP contribution is -2.51. The number of nitrogens with zero attached hydrogens (tertiary/aromatic N) is 2. The number of piperazine rings is 1. The summed E-state index contributed by atoms with van der Waals surface area (Å²) in [6, 6.07) is 24.2. The predicted molar refractivity (Wildman–Crippen MR) is 138 cm³/mol. The highest BCUT2D eigenvalue weighted by molar-refractivity contribution is 6.01. The quantitative estimate of drug-likeness (QED) is 0.420. The summed E-state index contributed by atoms with van der Waals surface area (Å²) in [7, 11) is 0. The van der Waals surface area contributed by atoms with Crippen molar-refractivity contribution in [3.63, 3.8) is 0 Å². The summed E-state index contributed by atoms with van der Waals surface area (Å²) in [6.45, 7) is 1.80. The van der Waals surface area contributed by atoms with Gasteiger partial charge in [0.1, 0.15) is 5.75 Å². The van der Waals surface area contributed by atoms with Crippen molar-refractivity contribution in [2.75, 3.05) is 32.8 Å². The molecule has 0 atom stereocenters. The Balaban J connectivity index is 1.24. The van der Waals surface area contributed by atoms with Gasteiger partial charge < -0.3 is 24.3 Å². The zero-order valence-corrected chi connectivity index (χ0v) is 20.3. The number of furan rings is 1. The summed E-state index contributed by atoms with van der Waals surface area (Å²) in [5, 5.41) is 4.76. The molecule has 5 rings (SSSR count). The van der Waals surface area contributed by atoms with Crippen LogP contribution in [0.5, 0.6) is 5.75 Å². The number of rotatable bonds is 7. The summed E-state index contributed by atoms with van der Waals surface area (Å²) in [6.07, 6.45) is 1.47. The molecule has 0 unspecified atom stereocenters. The minimum atomic E-state index is -0.276. The van der Waals surface area contributed by atoms with Gasteiger partial charge in [0, 0.05) is 32.7 Å². The second-order valence-electron chi connectivity index (χ2n) is 8.80. The van der Waals surface area contributed by atoms with E-state index in [0.717, 1.165) is 16.3 Å². The Morgan fingerprint density at radius 1 is 0.811 bits per heavy atom. The van der Waals surface area contributed by atoms with Gasteiger partial charge in [-0.1, -0.05) is 54.6 Å². The maximum atomic E-state index is 13.1. The molecule has 1 aliphatic heterocycles. The topological polar surface area (TPSA) is 92.1 Å². The molecule has 1 aliphatic rings. The highest BCUT2D eigenvalue weighted by Crippen LogP contribution is 2.26. The fourth-order valence-corrected chi connectivity index (χ4v) is 4.34. The van der Waals surface area contributed by atoms with Crippen molar-refractivity contribution in [2.45, 2.75) is 6.54 Å². The first-order valence-electron chi connectivity index (χ1n) is 12.2. The van der Waals surface area contributed by atoms with Gasteiger partial charge in [0.05, 0.1) is 11.8 Å². The molecule has 0 saturated carbocycles. The third-order valence-corrected chi connectivity index (χ3v) is 6.39. The van der Waals surface area contributed by atoms with Gasteiger partial charge >= 0.3 is 0 Å². The molecule has 1 saturated heterocycles. The zero-order valence-electron chi connectivity index (χ0n) is 20.3. The Hall–Kier alpha value is -4.59. The van der Waals surface area contributed by atoms with Crippen molar-refractivity contribution >= 4 is 28.5 Å². The molecule has 3 aromatic carbocycles. The van der Waals surface area contributed by atoms with Gasteiger partial charge in [0.25, 0.3) is 17.7 Å². The number of carbonyl (C=O) groups excluding carboxylic acids is 3. The van der Waals surface area contributed by atoms with Gasteiger partial charge in [-0.05, 0) is 40.6 Å². The summed E-state index contributed by atoms with van der Waals surface area (Å²) in [5.41, 5.74) is 1.36. The molecule has 0 aliphatic carbocycles. The predicted octanol–water partition coefficient (Wildman–Crippen LogP) is 3.73. The summed E-state index contributed by atoms with van der Waals surface area (Å²) in [4.78, 5) is 41.8. The van der Waals surface area contributed by atoms with Gasteiger partial charge in [0.15, 0.2) is 12.4 Å². The number of amides is 3. The Labute approximate surface area is 214 Å². The largest absolute Gasteiger partial charge is 0.483 e. The van der Waals surface area contributed by atoms with Crippen LogP contribution in [0.2, 0.25) is 0 Å². The Bertz CT molecular complexity index is 1390. The van der Waals surface area contributed by atoms with Gasteiger partial charge in [-0.3, -0.25) is 14.4 Å². The molecule has 2 heterocycles. The molecule has 4 aromatic rings. The van der Waals surface area contributed by atoms with E-state index >= 15 is 0 Å². The highest BCUT2D eigenvalue weighted by Gasteiger charge is 2.26. The van der Waals surface area contributed by atoms with Crippen LogP contribution in [0.3, 0.4) is 0 Å². The lowest BCUT2D eigenvalue weighted by atomic mass is 10.1. The van der Waals surface area contributed by atoms with Crippen molar-refractivity contribution in [3.8, 4) is 5.75 Å². The van der Waals surface area contributed by atoms with E-state index in [2.05, 4.69) is 5.32 Å². The Morgan fingerprint density at radius 3 is 2.19 bits per heavy atom. The average Bonchev–Trinajstić information content (AvgIpc) is 3.49. The highest BCUT2D eigenvalue weighted by atomic mass is 16.5. The molecule has 0 radical (unpaired) electrons. The van der Waals surface area contributed by atoms with E-state index in [9.17, 15) is 14.4 Å². The van der Waals surface area contributed by atoms with Crippen LogP contribution in [0.1, 0.15) is 26.5 Å². The third kappa shape index (κ3) is 5.64. The first-order valence-corrected chi connectivity index (χ1v) is 12.2. The summed E-state index contributed by atoms with van der Waals surface area (Å²) in [5.74, 6) is -0.0200. The van der Waals surface area contributed by atoms with E-state index in [1.807, 2.05) is 54.6 Å². The van der Waals surface area contributed by atoms with E-state index in [4.69, 9.17) is 9.15 Å². The maximum Gasteiger partial charge on any atom is 0.289 e. The number of ether oxygens (including phenoxy) is 1. The molecule has 1 N–H and O–H groups in total. The average molecular weight is 498 g/mol. The number of benzene rings is 3. The van der Waals surface area contributed by atoms with E-state index in [-0.39, 0.29) is 30.1 Å². The van der Waals surface area contributed by atoms with Crippen LogP contribution in [0.15, 0.2) is 89.5 Å². The smallest absolute Gasteiger partial charge is 0.289 e. The Kier molecular flexibility index (Phi) is 7.16. The van der Waals surface area contributed by atoms with Crippen LogP contribution < -0.4 is 10.1 Å². The molecular weight excluding hydrogens is 470 g/mol. The lowest BCUT2D eigenvalue weighted by molar-refractivity contribution is -0.134. The summed E-state index contributed by atoms with van der Waals surface area (Å²) < 4.78 is 11.1. The molecule has 0 spiro atoms. The van der Waals surface area contributed by atoms with Crippen molar-refractivity contribution < 1.29 is 23.5 Å². The third-order valence-electron chi connectivity index (χ3n) is 6.39. The van der Waals surface area contributed by atoms with Crippen molar-refractivity contribution in [2.24, 2.45) is 0 Å². The monoisotopic (exact) mass is 497 g/mol. The van der Waals surface area contributed by atoms with Gasteiger partial charge in [-0.25, -0.2) is 0 Å². The van der Waals surface area contributed by atoms with Crippen LogP contribution in [-0.2, 0) is 11.3 Å². The van der Waals surface area contributed by atoms with Crippen molar-refractivity contribution in [1.82, 2.24) is 15.1 Å². The Morgan fingerprint density at radius 2 is 1.49 bits per heavy atom. The zero-order chi connectivity index (χ0) is 25.6. The van der Waals surface area contributed by atoms with E-state index in [1.165, 1.54) is 6.26 Å². The molecule has 37 heavy (non-hydrogen) atoms. The molecule has 3 amide bonds. The van der Waals surface area contributed by atoms with E-state index < -0.39 is 0 Å². The van der Waals surface area contributed by atoms with Gasteiger partial charge in [-0.15, -0.1) is 0 Å². The van der Waals surface area contributed by atoms with Crippen LogP contribution in [-0.4, -0.2) is 60.3 Å².